The number of halogens is 1. The largest absolute Gasteiger partial charge is 0.359 e. The predicted octanol–water partition coefficient (Wildman–Crippen LogP) is 1.49. The van der Waals surface area contributed by atoms with Crippen LogP contribution in [-0.2, 0) is 4.79 Å². The van der Waals surface area contributed by atoms with E-state index in [1.807, 2.05) is 0 Å². The number of benzene rings is 1. The third-order valence-corrected chi connectivity index (χ3v) is 2.72. The Morgan fingerprint density at radius 3 is 2.76 bits per heavy atom. The molecule has 92 valence electrons. The molecule has 4 nitrogen and oxygen atoms in total. The van der Waals surface area contributed by atoms with E-state index in [2.05, 4.69) is 23.3 Å². The van der Waals surface area contributed by atoms with Crippen LogP contribution in [0.2, 0.25) is 5.02 Å². The van der Waals surface area contributed by atoms with Crippen molar-refractivity contribution in [1.82, 2.24) is 10.6 Å². The molecular weight excluding hydrogens is 260 g/mol. The molecule has 0 aromatic heterocycles. The Labute approximate surface area is 110 Å². The lowest BCUT2D eigenvalue weighted by Gasteiger charge is -2.06. The third-order valence-electron chi connectivity index (χ3n) is 2.11. The summed E-state index contributed by atoms with van der Waals surface area (Å²) in [6, 6.07) is 4.89. The zero-order valence-electron chi connectivity index (χ0n) is 9.29. The molecule has 2 N–H and O–H groups in total. The smallest absolute Gasteiger partial charge is 0.252 e. The molecule has 0 unspecified atom stereocenters. The number of thiol groups is 1. The number of amides is 2. The van der Waals surface area contributed by atoms with Crippen molar-refractivity contribution in [2.75, 3.05) is 13.6 Å². The minimum atomic E-state index is -0.310. The van der Waals surface area contributed by atoms with Gasteiger partial charge >= 0.3 is 0 Å². The van der Waals surface area contributed by atoms with E-state index in [1.165, 1.54) is 0 Å². The maximum absolute atomic E-state index is 11.7. The Morgan fingerprint density at radius 2 is 2.12 bits per heavy atom. The summed E-state index contributed by atoms with van der Waals surface area (Å²) in [4.78, 5) is 23.3. The van der Waals surface area contributed by atoms with E-state index in [-0.39, 0.29) is 24.8 Å². The van der Waals surface area contributed by atoms with Gasteiger partial charge in [-0.25, -0.2) is 0 Å². The van der Waals surface area contributed by atoms with Gasteiger partial charge in [0.15, 0.2) is 0 Å². The van der Waals surface area contributed by atoms with Crippen LogP contribution in [0.25, 0.3) is 0 Å². The molecule has 0 aliphatic heterocycles. The van der Waals surface area contributed by atoms with Crippen molar-refractivity contribution >= 4 is 36.0 Å². The molecule has 1 rings (SSSR count). The normalized spacial score (nSPS) is 9.82. The van der Waals surface area contributed by atoms with Gasteiger partial charge in [0, 0.05) is 24.9 Å². The Kier molecular flexibility index (Phi) is 5.31. The van der Waals surface area contributed by atoms with Crippen LogP contribution in [0.4, 0.5) is 0 Å². The third kappa shape index (κ3) is 4.28. The zero-order valence-corrected chi connectivity index (χ0v) is 10.9. The highest BCUT2D eigenvalue weighted by Crippen LogP contribution is 2.19. The fourth-order valence-corrected chi connectivity index (χ4v) is 1.60. The minimum Gasteiger partial charge on any atom is -0.359 e. The van der Waals surface area contributed by atoms with Crippen LogP contribution in [0, 0.1) is 0 Å². The van der Waals surface area contributed by atoms with E-state index in [1.54, 1.807) is 25.2 Å². The summed E-state index contributed by atoms with van der Waals surface area (Å²) in [7, 11) is 1.55. The second-order valence-corrected chi connectivity index (χ2v) is 4.27. The molecule has 6 heteroatoms. The summed E-state index contributed by atoms with van der Waals surface area (Å²) in [5, 5.41) is 5.45. The molecule has 0 spiro atoms. The second-order valence-electron chi connectivity index (χ2n) is 3.34. The van der Waals surface area contributed by atoms with Crippen LogP contribution in [0.15, 0.2) is 23.1 Å². The van der Waals surface area contributed by atoms with Crippen molar-refractivity contribution in [3.05, 3.63) is 28.8 Å². The number of hydrogen-bond acceptors (Lipinski definition) is 3. The highest BCUT2D eigenvalue weighted by atomic mass is 35.5. The number of nitrogens with one attached hydrogen (secondary N) is 2. The summed E-state index contributed by atoms with van der Waals surface area (Å²) in [6.07, 6.45) is 0.237. The number of carbonyl (C=O) groups is 2. The quantitative estimate of drug-likeness (QED) is 0.728. The van der Waals surface area contributed by atoms with Gasteiger partial charge < -0.3 is 10.6 Å². The SMILES string of the molecule is CNC(=O)CCNC(=O)c1cc(S)ccc1Cl. The molecule has 0 heterocycles. The molecule has 0 fully saturated rings. The average molecular weight is 273 g/mol. The maximum atomic E-state index is 11.7. The van der Waals surface area contributed by atoms with Crippen molar-refractivity contribution in [3.63, 3.8) is 0 Å². The van der Waals surface area contributed by atoms with Crippen LogP contribution in [0.3, 0.4) is 0 Å². The van der Waals surface area contributed by atoms with E-state index in [0.29, 0.717) is 15.5 Å². The van der Waals surface area contributed by atoms with E-state index < -0.39 is 0 Å². The number of carbonyl (C=O) groups excluding carboxylic acids is 2. The Hall–Kier alpha value is -1.20. The highest BCUT2D eigenvalue weighted by Gasteiger charge is 2.10. The van der Waals surface area contributed by atoms with Gasteiger partial charge in [0.05, 0.1) is 10.6 Å². The van der Waals surface area contributed by atoms with Gasteiger partial charge in [-0.15, -0.1) is 12.6 Å². The number of rotatable bonds is 4. The summed E-state index contributed by atoms with van der Waals surface area (Å²) in [6.45, 7) is 0.269. The molecule has 1 aromatic rings. The predicted molar refractivity (Wildman–Crippen MR) is 69.7 cm³/mol. The number of hydrogen-bond donors (Lipinski definition) is 3. The standard InChI is InChI=1S/C11H13ClN2O2S/c1-13-10(15)4-5-14-11(16)8-6-7(17)2-3-9(8)12/h2-3,6,17H,4-5H2,1H3,(H,13,15)(H,14,16). The van der Waals surface area contributed by atoms with Gasteiger partial charge in [0.2, 0.25) is 5.91 Å². The molecule has 0 radical (unpaired) electrons. The first-order valence-electron chi connectivity index (χ1n) is 5.02. The van der Waals surface area contributed by atoms with E-state index in [0.717, 1.165) is 0 Å². The first kappa shape index (κ1) is 13.9. The molecule has 0 aliphatic rings. The average Bonchev–Trinajstić information content (AvgIpc) is 2.31. The van der Waals surface area contributed by atoms with Crippen molar-refractivity contribution in [1.29, 1.82) is 0 Å². The lowest BCUT2D eigenvalue weighted by molar-refractivity contribution is -0.120. The summed E-state index contributed by atoms with van der Waals surface area (Å²) in [5.41, 5.74) is 0.357. The molecule has 0 atom stereocenters. The summed E-state index contributed by atoms with van der Waals surface area (Å²) >= 11 is 10.0. The molecular formula is C11H13ClN2O2S. The highest BCUT2D eigenvalue weighted by molar-refractivity contribution is 7.80. The minimum absolute atomic E-state index is 0.126. The fraction of sp³-hybridized carbons (Fsp3) is 0.273. The van der Waals surface area contributed by atoms with E-state index in [9.17, 15) is 9.59 Å². The Bertz CT molecular complexity index is 437. The van der Waals surface area contributed by atoms with Crippen molar-refractivity contribution in [2.45, 2.75) is 11.3 Å². The van der Waals surface area contributed by atoms with Crippen LogP contribution >= 0.6 is 24.2 Å². The van der Waals surface area contributed by atoms with Crippen LogP contribution in [-0.4, -0.2) is 25.4 Å². The second kappa shape index (κ2) is 6.51. The first-order valence-corrected chi connectivity index (χ1v) is 5.84. The van der Waals surface area contributed by atoms with Crippen LogP contribution in [0.1, 0.15) is 16.8 Å². The zero-order chi connectivity index (χ0) is 12.8. The lowest BCUT2D eigenvalue weighted by atomic mass is 10.2. The molecule has 0 saturated heterocycles. The van der Waals surface area contributed by atoms with Crippen LogP contribution in [0.5, 0.6) is 0 Å². The van der Waals surface area contributed by atoms with Crippen molar-refractivity contribution in [3.8, 4) is 0 Å². The lowest BCUT2D eigenvalue weighted by Crippen LogP contribution is -2.29. The molecule has 2 amide bonds. The van der Waals surface area contributed by atoms with Gasteiger partial charge in [0.25, 0.3) is 5.91 Å². The molecule has 0 aliphatic carbocycles. The molecule has 0 saturated carbocycles. The Balaban J connectivity index is 2.58. The van der Waals surface area contributed by atoms with E-state index >= 15 is 0 Å². The van der Waals surface area contributed by atoms with Gasteiger partial charge in [-0.3, -0.25) is 9.59 Å². The van der Waals surface area contributed by atoms with Crippen molar-refractivity contribution < 1.29 is 9.59 Å². The molecule has 1 aromatic carbocycles. The topological polar surface area (TPSA) is 58.2 Å². The van der Waals surface area contributed by atoms with Crippen molar-refractivity contribution in [2.24, 2.45) is 0 Å². The van der Waals surface area contributed by atoms with Crippen LogP contribution < -0.4 is 10.6 Å². The summed E-state index contributed by atoms with van der Waals surface area (Å²) in [5.74, 6) is -0.436. The Morgan fingerprint density at radius 1 is 1.41 bits per heavy atom. The summed E-state index contributed by atoms with van der Waals surface area (Å²) < 4.78 is 0. The monoisotopic (exact) mass is 272 g/mol. The van der Waals surface area contributed by atoms with Gasteiger partial charge in [0.1, 0.15) is 0 Å². The van der Waals surface area contributed by atoms with Gasteiger partial charge in [-0.2, -0.15) is 0 Å². The maximum Gasteiger partial charge on any atom is 0.252 e. The molecule has 0 bridgehead atoms. The van der Waals surface area contributed by atoms with Gasteiger partial charge in [-0.05, 0) is 18.2 Å². The first-order chi connectivity index (χ1) is 8.04. The fourth-order valence-electron chi connectivity index (χ4n) is 1.20. The van der Waals surface area contributed by atoms with Gasteiger partial charge in [-0.1, -0.05) is 11.6 Å². The van der Waals surface area contributed by atoms with E-state index in [4.69, 9.17) is 11.6 Å². The molecule has 17 heavy (non-hydrogen) atoms.